The maximum absolute atomic E-state index is 13.3. The third-order valence-electron chi connectivity index (χ3n) is 6.89. The van der Waals surface area contributed by atoms with Crippen LogP contribution in [0.3, 0.4) is 0 Å². The van der Waals surface area contributed by atoms with Gasteiger partial charge in [0.2, 0.25) is 0 Å². The van der Waals surface area contributed by atoms with Crippen LogP contribution in [-0.2, 0) is 11.3 Å². The zero-order valence-electron chi connectivity index (χ0n) is 20.0. The second kappa shape index (κ2) is 9.57. The Labute approximate surface area is 197 Å². The zero-order valence-corrected chi connectivity index (χ0v) is 20.0. The van der Waals surface area contributed by atoms with Gasteiger partial charge in [0, 0.05) is 37.0 Å². The first-order chi connectivity index (χ1) is 15.8. The van der Waals surface area contributed by atoms with Crippen LogP contribution in [0.1, 0.15) is 69.1 Å². The second-order valence-electron chi connectivity index (χ2n) is 10.7. The molecule has 2 saturated carbocycles. The fourth-order valence-corrected chi connectivity index (χ4v) is 4.90. The van der Waals surface area contributed by atoms with Crippen LogP contribution in [0.5, 0.6) is 0 Å². The molecule has 0 aromatic heterocycles. The number of nitrogens with zero attached hydrogens (tertiary/aromatic N) is 2. The summed E-state index contributed by atoms with van der Waals surface area (Å²) in [5.74, 6) is 0.381. The molecule has 1 N–H and O–H groups in total. The summed E-state index contributed by atoms with van der Waals surface area (Å²) in [6.45, 7) is 7.99. The predicted octanol–water partition coefficient (Wildman–Crippen LogP) is 5.61. The molecule has 4 rings (SSSR count). The highest BCUT2D eigenvalue weighted by molar-refractivity contribution is 5.69. The van der Waals surface area contributed by atoms with E-state index in [1.165, 1.54) is 12.0 Å². The van der Waals surface area contributed by atoms with Crippen LogP contribution in [-0.4, -0.2) is 35.7 Å². The Kier molecular flexibility index (Phi) is 6.76. The second-order valence-corrected chi connectivity index (χ2v) is 10.7. The molecule has 5 heteroatoms. The minimum absolute atomic E-state index is 0.0579. The van der Waals surface area contributed by atoms with E-state index in [-0.39, 0.29) is 17.6 Å². The van der Waals surface area contributed by atoms with Gasteiger partial charge in [-0.05, 0) is 57.2 Å². The average Bonchev–Trinajstić information content (AvgIpc) is 3.55. The van der Waals surface area contributed by atoms with Crippen LogP contribution < -0.4 is 5.32 Å². The van der Waals surface area contributed by atoms with Gasteiger partial charge in [0.05, 0.1) is 11.6 Å². The number of hydrogen-bond acceptors (Lipinski definition) is 4. The van der Waals surface area contributed by atoms with Gasteiger partial charge in [-0.25, -0.2) is 4.79 Å². The molecule has 2 aromatic rings. The van der Waals surface area contributed by atoms with Crippen molar-refractivity contribution in [3.8, 4) is 6.07 Å². The molecule has 174 valence electrons. The van der Waals surface area contributed by atoms with E-state index in [0.717, 1.165) is 31.4 Å². The van der Waals surface area contributed by atoms with Crippen molar-refractivity contribution >= 4 is 6.09 Å². The van der Waals surface area contributed by atoms with E-state index in [1.54, 1.807) is 0 Å². The van der Waals surface area contributed by atoms with Gasteiger partial charge in [-0.15, -0.1) is 0 Å². The normalized spacial score (nSPS) is 20.9. The Hall–Kier alpha value is -2.84. The SMILES string of the molecule is CC(C)(C)OC(=O)N(CC1(CNCc2ccccc2C#N)CCC1)[C@H]1CC1c1ccccc1. The van der Waals surface area contributed by atoms with Gasteiger partial charge in [-0.2, -0.15) is 5.26 Å². The number of carbonyl (C=O) groups is 1. The Morgan fingerprint density at radius 1 is 1.15 bits per heavy atom. The summed E-state index contributed by atoms with van der Waals surface area (Å²) < 4.78 is 5.83. The highest BCUT2D eigenvalue weighted by Crippen LogP contribution is 2.48. The van der Waals surface area contributed by atoms with E-state index in [1.807, 2.05) is 56.0 Å². The first kappa shape index (κ1) is 23.3. The molecule has 2 fully saturated rings. The predicted molar refractivity (Wildman–Crippen MR) is 130 cm³/mol. The van der Waals surface area contributed by atoms with E-state index in [4.69, 9.17) is 4.74 Å². The Balaban J connectivity index is 1.45. The van der Waals surface area contributed by atoms with Crippen LogP contribution in [0.25, 0.3) is 0 Å². The van der Waals surface area contributed by atoms with Gasteiger partial charge in [0.25, 0.3) is 0 Å². The van der Waals surface area contributed by atoms with E-state index >= 15 is 0 Å². The molecular formula is C28H35N3O2. The summed E-state index contributed by atoms with van der Waals surface area (Å²) in [4.78, 5) is 15.3. The summed E-state index contributed by atoms with van der Waals surface area (Å²) in [6.07, 6.45) is 4.17. The largest absolute Gasteiger partial charge is 0.444 e. The van der Waals surface area contributed by atoms with Crippen molar-refractivity contribution in [1.82, 2.24) is 10.2 Å². The molecule has 2 atom stereocenters. The van der Waals surface area contributed by atoms with Gasteiger partial charge >= 0.3 is 6.09 Å². The number of nitriles is 1. The van der Waals surface area contributed by atoms with Gasteiger partial charge in [-0.3, -0.25) is 0 Å². The molecule has 1 amide bonds. The Morgan fingerprint density at radius 3 is 2.48 bits per heavy atom. The molecule has 0 saturated heterocycles. The standard InChI is InChI=1S/C28H35N3O2/c1-27(2,3)33-26(32)31(25-16-24(25)21-10-5-4-6-11-21)20-28(14-9-15-28)19-30-18-23-13-8-7-12-22(23)17-29/h4-8,10-13,24-25,30H,9,14-16,18-20H2,1-3H3/t24?,25-/m0/s1. The Morgan fingerprint density at radius 2 is 1.85 bits per heavy atom. The van der Waals surface area contributed by atoms with Crippen molar-refractivity contribution in [1.29, 1.82) is 5.26 Å². The topological polar surface area (TPSA) is 65.4 Å². The van der Waals surface area contributed by atoms with Crippen molar-refractivity contribution in [2.24, 2.45) is 5.41 Å². The first-order valence-electron chi connectivity index (χ1n) is 12.0. The summed E-state index contributed by atoms with van der Waals surface area (Å²) in [7, 11) is 0. The quantitative estimate of drug-likeness (QED) is 0.573. The molecule has 1 unspecified atom stereocenters. The van der Waals surface area contributed by atoms with Crippen molar-refractivity contribution in [2.45, 2.75) is 70.6 Å². The lowest BCUT2D eigenvalue weighted by atomic mass is 9.68. The van der Waals surface area contributed by atoms with Crippen LogP contribution in [0, 0.1) is 16.7 Å². The number of rotatable bonds is 8. The van der Waals surface area contributed by atoms with Crippen LogP contribution in [0.4, 0.5) is 4.79 Å². The van der Waals surface area contributed by atoms with E-state index < -0.39 is 5.60 Å². The van der Waals surface area contributed by atoms with Gasteiger partial charge in [-0.1, -0.05) is 55.0 Å². The number of carbonyl (C=O) groups excluding carboxylic acids is 1. The Bertz CT molecular complexity index is 1000. The van der Waals surface area contributed by atoms with E-state index in [2.05, 4.69) is 35.7 Å². The minimum Gasteiger partial charge on any atom is -0.444 e. The fourth-order valence-electron chi connectivity index (χ4n) is 4.90. The lowest BCUT2D eigenvalue weighted by Gasteiger charge is -2.45. The summed E-state index contributed by atoms with van der Waals surface area (Å²) >= 11 is 0. The fraction of sp³-hybridized carbons (Fsp3) is 0.500. The first-order valence-corrected chi connectivity index (χ1v) is 12.0. The van der Waals surface area contributed by atoms with Crippen LogP contribution >= 0.6 is 0 Å². The molecule has 2 aliphatic carbocycles. The zero-order chi connectivity index (χ0) is 23.5. The van der Waals surface area contributed by atoms with Gasteiger partial charge in [0.15, 0.2) is 0 Å². The number of hydrogen-bond donors (Lipinski definition) is 1. The lowest BCUT2D eigenvalue weighted by molar-refractivity contribution is 0.00105. The lowest BCUT2D eigenvalue weighted by Crippen LogP contribution is -2.51. The summed E-state index contributed by atoms with van der Waals surface area (Å²) in [5.41, 5.74) is 2.57. The van der Waals surface area contributed by atoms with Gasteiger partial charge < -0.3 is 15.0 Å². The average molecular weight is 446 g/mol. The minimum atomic E-state index is -0.515. The third-order valence-corrected chi connectivity index (χ3v) is 6.89. The van der Waals surface area contributed by atoms with Gasteiger partial charge in [0.1, 0.15) is 5.60 Å². The molecule has 2 aliphatic rings. The number of benzene rings is 2. The van der Waals surface area contributed by atoms with Crippen molar-refractivity contribution in [2.75, 3.05) is 13.1 Å². The highest BCUT2D eigenvalue weighted by Gasteiger charge is 2.49. The van der Waals surface area contributed by atoms with Crippen LogP contribution in [0.15, 0.2) is 54.6 Å². The van der Waals surface area contributed by atoms with Crippen molar-refractivity contribution in [3.05, 3.63) is 71.3 Å². The molecular weight excluding hydrogens is 410 g/mol. The molecule has 2 aromatic carbocycles. The molecule has 0 spiro atoms. The van der Waals surface area contributed by atoms with E-state index in [9.17, 15) is 10.1 Å². The molecule has 0 radical (unpaired) electrons. The summed E-state index contributed by atoms with van der Waals surface area (Å²) in [5, 5.41) is 12.9. The molecule has 0 aliphatic heterocycles. The molecule has 0 bridgehead atoms. The van der Waals surface area contributed by atoms with Crippen LogP contribution in [0.2, 0.25) is 0 Å². The molecule has 33 heavy (non-hydrogen) atoms. The smallest absolute Gasteiger partial charge is 0.410 e. The number of amides is 1. The van der Waals surface area contributed by atoms with Crippen molar-refractivity contribution < 1.29 is 9.53 Å². The monoisotopic (exact) mass is 445 g/mol. The number of nitrogens with one attached hydrogen (secondary N) is 1. The summed E-state index contributed by atoms with van der Waals surface area (Å²) in [6, 6.07) is 20.7. The molecule has 0 heterocycles. The van der Waals surface area contributed by atoms with Crippen molar-refractivity contribution in [3.63, 3.8) is 0 Å². The highest BCUT2D eigenvalue weighted by atomic mass is 16.6. The maximum Gasteiger partial charge on any atom is 0.410 e. The van der Waals surface area contributed by atoms with E-state index in [0.29, 0.717) is 24.6 Å². The third kappa shape index (κ3) is 5.75. The maximum atomic E-state index is 13.3. The number of ether oxygens (including phenoxy) is 1. The molecule has 5 nitrogen and oxygen atoms in total.